The van der Waals surface area contributed by atoms with Crippen molar-refractivity contribution in [2.24, 2.45) is 0 Å². The summed E-state index contributed by atoms with van der Waals surface area (Å²) in [6.07, 6.45) is 20.4. The van der Waals surface area contributed by atoms with Crippen LogP contribution in [0.2, 0.25) is 0 Å². The molecule has 0 aromatic carbocycles. The lowest BCUT2D eigenvalue weighted by molar-refractivity contribution is -0.870. The first-order valence-electron chi connectivity index (χ1n) is 13.8. The van der Waals surface area contributed by atoms with Gasteiger partial charge in [-0.3, -0.25) is 4.57 Å². The van der Waals surface area contributed by atoms with E-state index in [1.165, 1.54) is 89.9 Å². The van der Waals surface area contributed by atoms with Crippen LogP contribution in [-0.2, 0) is 18.3 Å². The van der Waals surface area contributed by atoms with E-state index in [1.807, 2.05) is 21.1 Å². The zero-order chi connectivity index (χ0) is 25.5. The fraction of sp³-hybridized carbons (Fsp3) is 1.00. The largest absolute Gasteiger partial charge is 0.756 e. The zero-order valence-corrected chi connectivity index (χ0v) is 23.7. The van der Waals surface area contributed by atoms with Crippen molar-refractivity contribution >= 4 is 7.82 Å². The van der Waals surface area contributed by atoms with Crippen LogP contribution in [-0.4, -0.2) is 69.8 Å². The first-order valence-corrected chi connectivity index (χ1v) is 15.3. The van der Waals surface area contributed by atoms with Gasteiger partial charge in [0.15, 0.2) is 0 Å². The summed E-state index contributed by atoms with van der Waals surface area (Å²) in [6, 6.07) is 0. The normalized spacial score (nSPS) is 14.9. The van der Waals surface area contributed by atoms with E-state index in [1.54, 1.807) is 0 Å². The van der Waals surface area contributed by atoms with E-state index in [9.17, 15) is 14.6 Å². The molecule has 0 saturated carbocycles. The van der Waals surface area contributed by atoms with E-state index in [-0.39, 0.29) is 19.8 Å². The highest BCUT2D eigenvalue weighted by Gasteiger charge is 2.16. The second-order valence-corrected chi connectivity index (χ2v) is 12.0. The van der Waals surface area contributed by atoms with E-state index >= 15 is 0 Å². The number of phosphoric acid groups is 1. The Morgan fingerprint density at radius 1 is 0.735 bits per heavy atom. The number of hydrogen-bond donors (Lipinski definition) is 1. The van der Waals surface area contributed by atoms with E-state index in [2.05, 4.69) is 6.92 Å². The molecule has 0 radical (unpaired) electrons. The van der Waals surface area contributed by atoms with Gasteiger partial charge in [-0.05, 0) is 6.42 Å². The minimum atomic E-state index is -4.37. The van der Waals surface area contributed by atoms with Gasteiger partial charge in [-0.1, -0.05) is 103 Å². The molecule has 0 fully saturated rings. The molecule has 0 aliphatic rings. The van der Waals surface area contributed by atoms with Crippen LogP contribution in [0.5, 0.6) is 0 Å². The maximum Gasteiger partial charge on any atom is 0.268 e. The molecule has 0 aromatic heterocycles. The fourth-order valence-electron chi connectivity index (χ4n) is 3.69. The van der Waals surface area contributed by atoms with Gasteiger partial charge >= 0.3 is 0 Å². The molecule has 0 spiro atoms. The summed E-state index contributed by atoms with van der Waals surface area (Å²) in [5, 5.41) is 9.40. The lowest BCUT2D eigenvalue weighted by Gasteiger charge is -2.28. The molecule has 0 rings (SSSR count). The third-order valence-corrected chi connectivity index (χ3v) is 6.95. The van der Waals surface area contributed by atoms with Crippen LogP contribution in [0.4, 0.5) is 0 Å². The molecule has 34 heavy (non-hydrogen) atoms. The number of phosphoric ester groups is 1. The Morgan fingerprint density at radius 3 is 1.59 bits per heavy atom. The van der Waals surface area contributed by atoms with Crippen molar-refractivity contribution in [3.8, 4) is 0 Å². The minimum Gasteiger partial charge on any atom is -0.756 e. The van der Waals surface area contributed by atoms with Crippen molar-refractivity contribution in [1.82, 2.24) is 0 Å². The van der Waals surface area contributed by atoms with Gasteiger partial charge in [0.2, 0.25) is 0 Å². The third kappa shape index (κ3) is 25.1. The molecule has 0 aliphatic heterocycles. The van der Waals surface area contributed by atoms with Crippen molar-refractivity contribution < 1.29 is 32.8 Å². The highest BCUT2D eigenvalue weighted by atomic mass is 31.2. The summed E-state index contributed by atoms with van der Waals surface area (Å²) in [5.74, 6) is 0. The summed E-state index contributed by atoms with van der Waals surface area (Å²) in [4.78, 5) is 11.8. The molecule has 2 atom stereocenters. The highest BCUT2D eigenvalue weighted by molar-refractivity contribution is 7.45. The van der Waals surface area contributed by atoms with Gasteiger partial charge in [-0.25, -0.2) is 0 Å². The molecule has 0 aromatic rings. The van der Waals surface area contributed by atoms with Crippen LogP contribution in [0.15, 0.2) is 0 Å². The maximum absolute atomic E-state index is 11.8. The van der Waals surface area contributed by atoms with E-state index in [4.69, 9.17) is 13.8 Å². The molecule has 0 aliphatic carbocycles. The maximum atomic E-state index is 11.8. The molecule has 0 heterocycles. The summed E-state index contributed by atoms with van der Waals surface area (Å²) >= 11 is 0. The van der Waals surface area contributed by atoms with Crippen molar-refractivity contribution in [3.63, 3.8) is 0 Å². The predicted octanol–water partition coefficient (Wildman–Crippen LogP) is 5.83. The van der Waals surface area contributed by atoms with Crippen molar-refractivity contribution in [2.45, 2.75) is 116 Å². The van der Waals surface area contributed by atoms with Gasteiger partial charge in [0.25, 0.3) is 7.82 Å². The molecule has 206 valence electrons. The van der Waals surface area contributed by atoms with Gasteiger partial charge in [0.05, 0.1) is 34.4 Å². The number of likely N-dealkylation sites (N-methyl/N-ethyl adjacent to an activating group) is 1. The molecular weight excluding hydrogens is 453 g/mol. The van der Waals surface area contributed by atoms with Crippen LogP contribution in [0.1, 0.15) is 110 Å². The predicted molar refractivity (Wildman–Crippen MR) is 139 cm³/mol. The Hall–Kier alpha value is -0.0100. The number of nitrogens with zero attached hydrogens (tertiary/aromatic N) is 1. The van der Waals surface area contributed by atoms with E-state index < -0.39 is 13.9 Å². The molecule has 1 N–H and O–H groups in total. The zero-order valence-electron chi connectivity index (χ0n) is 22.8. The Balaban J connectivity index is 3.51. The number of aliphatic hydroxyl groups excluding tert-OH is 1. The van der Waals surface area contributed by atoms with E-state index in [0.29, 0.717) is 17.6 Å². The Labute approximate surface area is 210 Å². The monoisotopic (exact) mass is 509 g/mol. The van der Waals surface area contributed by atoms with Gasteiger partial charge in [0, 0.05) is 6.61 Å². The van der Waals surface area contributed by atoms with Crippen molar-refractivity contribution in [1.29, 1.82) is 0 Å². The molecular formula is C26H56NO6P. The van der Waals surface area contributed by atoms with Gasteiger partial charge in [-0.2, -0.15) is 0 Å². The van der Waals surface area contributed by atoms with E-state index in [0.717, 1.165) is 12.8 Å². The molecule has 0 amide bonds. The number of rotatable bonds is 26. The van der Waals surface area contributed by atoms with Crippen LogP contribution in [0.25, 0.3) is 0 Å². The fourth-order valence-corrected chi connectivity index (χ4v) is 4.42. The summed E-state index contributed by atoms with van der Waals surface area (Å²) in [6.45, 7) is 2.88. The molecule has 2 unspecified atom stereocenters. The third-order valence-electron chi connectivity index (χ3n) is 5.99. The second-order valence-electron chi connectivity index (χ2n) is 10.6. The van der Waals surface area contributed by atoms with Gasteiger partial charge in [-0.15, -0.1) is 0 Å². The van der Waals surface area contributed by atoms with Gasteiger partial charge in [0.1, 0.15) is 19.3 Å². The number of quaternary nitrogens is 1. The number of aliphatic hydroxyl groups is 1. The lowest BCUT2D eigenvalue weighted by Crippen LogP contribution is -2.37. The topological polar surface area (TPSA) is 88.0 Å². The summed E-state index contributed by atoms with van der Waals surface area (Å²) in [5.41, 5.74) is 0. The van der Waals surface area contributed by atoms with Crippen molar-refractivity contribution in [3.05, 3.63) is 0 Å². The molecule has 0 bridgehead atoms. The summed E-state index contributed by atoms with van der Waals surface area (Å²) in [7, 11) is 1.48. The Bertz CT molecular complexity index is 486. The minimum absolute atomic E-state index is 0.0636. The lowest BCUT2D eigenvalue weighted by atomic mass is 10.0. The Kier molecular flexibility index (Phi) is 22.2. The first kappa shape index (κ1) is 34.0. The standard InChI is InChI=1S/C26H56NO6P/c1-5-6-7-8-9-10-11-12-13-14-15-16-17-18-19-20-22-31-26(24-28)25-33-34(29,30)32-23-21-27(2,3)4/h26,28H,5-25H2,1-4H3. The first-order chi connectivity index (χ1) is 16.2. The number of unbranched alkanes of at least 4 members (excludes halogenated alkanes) is 15. The molecule has 7 nitrogen and oxygen atoms in total. The van der Waals surface area contributed by atoms with Crippen LogP contribution >= 0.6 is 7.82 Å². The van der Waals surface area contributed by atoms with Crippen molar-refractivity contribution in [2.75, 3.05) is 54.1 Å². The van der Waals surface area contributed by atoms with Crippen LogP contribution in [0.3, 0.4) is 0 Å². The number of hydrogen-bond acceptors (Lipinski definition) is 6. The Morgan fingerprint density at radius 2 is 1.18 bits per heavy atom. The summed E-state index contributed by atoms with van der Waals surface area (Å²) < 4.78 is 27.7. The SMILES string of the molecule is CCCCCCCCCCCCCCCCCCOC(CO)COP(=O)([O-])OCC[N+](C)(C)C. The molecule has 0 saturated heterocycles. The molecule has 8 heteroatoms. The average Bonchev–Trinajstić information content (AvgIpc) is 2.76. The average molecular weight is 510 g/mol. The quantitative estimate of drug-likeness (QED) is 0.0896. The number of ether oxygens (including phenoxy) is 1. The highest BCUT2D eigenvalue weighted by Crippen LogP contribution is 2.38. The smallest absolute Gasteiger partial charge is 0.268 e. The second kappa shape index (κ2) is 22.2. The van der Waals surface area contributed by atoms with Crippen LogP contribution < -0.4 is 4.89 Å². The van der Waals surface area contributed by atoms with Crippen LogP contribution in [0, 0.1) is 0 Å². The van der Waals surface area contributed by atoms with Gasteiger partial charge < -0.3 is 28.3 Å².